The Morgan fingerprint density at radius 2 is 1.04 bits per heavy atom. The summed E-state index contributed by atoms with van der Waals surface area (Å²) in [6.07, 6.45) is 0. The van der Waals surface area contributed by atoms with Crippen LogP contribution >= 0.6 is 37.5 Å². The number of thiol groups is 2. The largest absolute Gasteiger partial charge is 0.279 e. The Morgan fingerprint density at radius 3 is 1.36 bits per heavy atom. The van der Waals surface area contributed by atoms with Gasteiger partial charge in [0.05, 0.1) is 0 Å². The first-order valence-electron chi connectivity index (χ1n) is 9.39. The predicted molar refractivity (Wildman–Crippen MR) is 128 cm³/mol. The molecule has 5 heteroatoms. The molecule has 0 aliphatic heterocycles. The highest BCUT2D eigenvalue weighted by molar-refractivity contribution is 7.83. The van der Waals surface area contributed by atoms with Gasteiger partial charge >= 0.3 is 0 Å². The van der Waals surface area contributed by atoms with Gasteiger partial charge in [-0.2, -0.15) is 0 Å². The van der Waals surface area contributed by atoms with E-state index >= 15 is 0 Å². The van der Waals surface area contributed by atoms with Crippen LogP contribution in [0.15, 0.2) is 58.6 Å². The number of benzene rings is 2. The molecule has 0 saturated heterocycles. The maximum atomic E-state index is 5.87. The molecular formula is C23H28N2S3. The van der Waals surface area contributed by atoms with E-state index in [4.69, 9.17) is 37.5 Å². The van der Waals surface area contributed by atoms with E-state index in [0.717, 1.165) is 21.4 Å². The molecule has 0 amide bonds. The first-order chi connectivity index (χ1) is 12.9. The fourth-order valence-electron chi connectivity index (χ4n) is 3.17. The third-order valence-corrected chi connectivity index (χ3v) is 6.31. The summed E-state index contributed by atoms with van der Waals surface area (Å²) < 4.78 is 4.63. The van der Waals surface area contributed by atoms with Crippen LogP contribution in [0.5, 0.6) is 0 Å². The Kier molecular flexibility index (Phi) is 5.65. The van der Waals surface area contributed by atoms with Gasteiger partial charge in [-0.3, -0.25) is 9.13 Å². The molecule has 0 bridgehead atoms. The van der Waals surface area contributed by atoms with E-state index in [1.165, 1.54) is 11.1 Å². The minimum absolute atomic E-state index is 0.0579. The summed E-state index contributed by atoms with van der Waals surface area (Å²) in [6, 6.07) is 16.9. The summed E-state index contributed by atoms with van der Waals surface area (Å²) in [4.78, 5) is 0. The van der Waals surface area contributed by atoms with Crippen LogP contribution in [-0.4, -0.2) is 9.13 Å². The van der Waals surface area contributed by atoms with Crippen molar-refractivity contribution in [1.29, 1.82) is 0 Å². The second-order valence-corrected chi connectivity index (χ2v) is 10.4. The summed E-state index contributed by atoms with van der Waals surface area (Å²) in [7, 11) is 0. The van der Waals surface area contributed by atoms with Crippen molar-refractivity contribution in [3.63, 3.8) is 0 Å². The van der Waals surface area contributed by atoms with Gasteiger partial charge in [0.2, 0.25) is 0 Å². The molecule has 1 heterocycles. The average Bonchev–Trinajstić information content (AvgIpc) is 2.83. The van der Waals surface area contributed by atoms with Crippen molar-refractivity contribution in [2.45, 2.75) is 62.4 Å². The topological polar surface area (TPSA) is 9.86 Å². The van der Waals surface area contributed by atoms with E-state index in [-0.39, 0.29) is 10.8 Å². The van der Waals surface area contributed by atoms with Crippen LogP contribution in [0, 0.1) is 4.77 Å². The molecule has 2 nitrogen and oxygen atoms in total. The van der Waals surface area contributed by atoms with Crippen LogP contribution in [-0.2, 0) is 10.8 Å². The summed E-state index contributed by atoms with van der Waals surface area (Å²) in [6.45, 7) is 13.3. The molecule has 0 aliphatic carbocycles. The van der Waals surface area contributed by atoms with Crippen molar-refractivity contribution < 1.29 is 0 Å². The zero-order valence-electron chi connectivity index (χ0n) is 17.3. The first kappa shape index (κ1) is 21.3. The van der Waals surface area contributed by atoms with Gasteiger partial charge in [-0.05, 0) is 58.4 Å². The normalized spacial score (nSPS) is 12.4. The molecule has 0 N–H and O–H groups in total. The van der Waals surface area contributed by atoms with Crippen molar-refractivity contribution >= 4 is 37.5 Å². The molecule has 28 heavy (non-hydrogen) atoms. The number of imidazole rings is 1. The first-order valence-corrected chi connectivity index (χ1v) is 10.7. The van der Waals surface area contributed by atoms with Crippen LogP contribution in [0.3, 0.4) is 0 Å². The Bertz CT molecular complexity index is 992. The Hall–Kier alpha value is -1.43. The average molecular weight is 429 g/mol. The molecular weight excluding hydrogens is 400 g/mol. The zero-order valence-corrected chi connectivity index (χ0v) is 19.9. The fraction of sp³-hybridized carbons (Fsp3) is 0.348. The van der Waals surface area contributed by atoms with Gasteiger partial charge in [-0.15, -0.1) is 25.3 Å². The van der Waals surface area contributed by atoms with E-state index in [0.29, 0.717) is 4.77 Å². The highest BCUT2D eigenvalue weighted by atomic mass is 32.1. The molecule has 0 atom stereocenters. The van der Waals surface area contributed by atoms with Crippen molar-refractivity contribution in [2.24, 2.45) is 0 Å². The molecule has 0 unspecified atom stereocenters. The SMILES string of the molecule is CC(C)(C)c1cccc(-n2c(S)c(S)n(-c3cccc(C(C)(C)C)c3)c2=S)c1. The van der Waals surface area contributed by atoms with Gasteiger partial charge in [-0.25, -0.2) is 0 Å². The fourth-order valence-corrected chi connectivity index (χ4v) is 4.32. The van der Waals surface area contributed by atoms with E-state index in [1.54, 1.807) is 0 Å². The molecule has 0 fully saturated rings. The van der Waals surface area contributed by atoms with Crippen molar-refractivity contribution in [3.05, 3.63) is 64.4 Å². The van der Waals surface area contributed by atoms with Gasteiger partial charge in [0, 0.05) is 11.4 Å². The standard InChI is InChI=1S/C23H28N2S3/c1-22(2,3)15-9-7-11-17(13-15)24-19(26)20(27)25(21(24)28)18-12-8-10-16(14-18)23(4,5)6/h7-14,26-27H,1-6H3. The monoisotopic (exact) mass is 428 g/mol. The molecule has 0 radical (unpaired) electrons. The Morgan fingerprint density at radius 1 is 0.679 bits per heavy atom. The minimum atomic E-state index is 0.0579. The van der Waals surface area contributed by atoms with E-state index in [2.05, 4.69) is 90.1 Å². The molecule has 0 aliphatic rings. The lowest BCUT2D eigenvalue weighted by Gasteiger charge is -2.20. The second kappa shape index (κ2) is 7.43. The highest BCUT2D eigenvalue weighted by Crippen LogP contribution is 2.32. The van der Waals surface area contributed by atoms with Crippen LogP contribution in [0.1, 0.15) is 52.7 Å². The van der Waals surface area contributed by atoms with Gasteiger partial charge in [0.1, 0.15) is 10.1 Å². The van der Waals surface area contributed by atoms with Crippen molar-refractivity contribution in [1.82, 2.24) is 9.13 Å². The lowest BCUT2D eigenvalue weighted by molar-refractivity contribution is 0.589. The number of rotatable bonds is 2. The van der Waals surface area contributed by atoms with Crippen LogP contribution in [0.2, 0.25) is 0 Å². The van der Waals surface area contributed by atoms with Crippen LogP contribution in [0.25, 0.3) is 11.4 Å². The maximum absolute atomic E-state index is 5.87. The van der Waals surface area contributed by atoms with E-state index in [1.807, 2.05) is 9.13 Å². The van der Waals surface area contributed by atoms with Crippen LogP contribution in [0.4, 0.5) is 0 Å². The maximum Gasteiger partial charge on any atom is 0.190 e. The molecule has 1 aromatic heterocycles. The lowest BCUT2D eigenvalue weighted by atomic mass is 9.87. The minimum Gasteiger partial charge on any atom is -0.279 e. The molecule has 3 aromatic rings. The summed E-state index contributed by atoms with van der Waals surface area (Å²) >= 11 is 15.4. The van der Waals surface area contributed by atoms with E-state index in [9.17, 15) is 0 Å². The van der Waals surface area contributed by atoms with Crippen molar-refractivity contribution in [2.75, 3.05) is 0 Å². The third kappa shape index (κ3) is 3.98. The lowest BCUT2D eigenvalue weighted by Crippen LogP contribution is -2.12. The Balaban J connectivity index is 2.21. The summed E-state index contributed by atoms with van der Waals surface area (Å²) in [5.74, 6) is 0. The van der Waals surface area contributed by atoms with E-state index < -0.39 is 0 Å². The number of nitrogens with zero attached hydrogens (tertiary/aromatic N) is 2. The van der Waals surface area contributed by atoms with Gasteiger partial charge in [0.15, 0.2) is 4.77 Å². The smallest absolute Gasteiger partial charge is 0.190 e. The zero-order chi connectivity index (χ0) is 20.9. The number of hydrogen-bond acceptors (Lipinski definition) is 3. The molecule has 2 aromatic carbocycles. The van der Waals surface area contributed by atoms with Crippen LogP contribution < -0.4 is 0 Å². The molecule has 3 rings (SSSR count). The highest BCUT2D eigenvalue weighted by Gasteiger charge is 2.20. The van der Waals surface area contributed by atoms with Gasteiger partial charge in [-0.1, -0.05) is 65.8 Å². The van der Waals surface area contributed by atoms with Gasteiger partial charge in [0.25, 0.3) is 0 Å². The Labute approximate surface area is 184 Å². The van der Waals surface area contributed by atoms with Gasteiger partial charge < -0.3 is 0 Å². The molecule has 148 valence electrons. The van der Waals surface area contributed by atoms with Crippen molar-refractivity contribution in [3.8, 4) is 11.4 Å². The third-order valence-electron chi connectivity index (χ3n) is 4.95. The predicted octanol–water partition coefficient (Wildman–Crippen LogP) is 7.17. The number of hydrogen-bond donors (Lipinski definition) is 2. The summed E-state index contributed by atoms with van der Waals surface area (Å²) in [5.41, 5.74) is 4.63. The quantitative estimate of drug-likeness (QED) is 0.325. The number of aromatic nitrogens is 2. The second-order valence-electron chi connectivity index (χ2n) is 9.20. The molecule has 0 spiro atoms. The summed E-state index contributed by atoms with van der Waals surface area (Å²) in [5, 5.41) is 1.47. The molecule has 0 saturated carbocycles.